The molecule has 0 bridgehead atoms. The number of likely N-dealkylation sites (tertiary alicyclic amines) is 1. The van der Waals surface area contributed by atoms with Crippen LogP contribution in [0.25, 0.3) is 11.0 Å². The minimum atomic E-state index is -4.72. The largest absolute Gasteiger partial charge is 0.416 e. The second-order valence-electron chi connectivity index (χ2n) is 8.41. The number of halogens is 4. The van der Waals surface area contributed by atoms with Crippen LogP contribution in [0, 0.1) is 11.3 Å². The highest BCUT2D eigenvalue weighted by molar-refractivity contribution is 5.92. The van der Waals surface area contributed by atoms with Gasteiger partial charge in [0.1, 0.15) is 22.8 Å². The van der Waals surface area contributed by atoms with E-state index in [1.807, 2.05) is 6.07 Å². The molecule has 3 atom stereocenters. The molecule has 2 fully saturated rings. The van der Waals surface area contributed by atoms with Crippen molar-refractivity contribution in [3.05, 3.63) is 30.1 Å². The minimum absolute atomic E-state index is 0.131. The maximum absolute atomic E-state index is 14.8. The maximum atomic E-state index is 14.8. The van der Waals surface area contributed by atoms with Crippen molar-refractivity contribution in [1.29, 1.82) is 5.26 Å². The number of carbonyl (C=O) groups is 1. The molecule has 0 spiro atoms. The van der Waals surface area contributed by atoms with E-state index in [0.717, 1.165) is 0 Å². The molecular formula is C21H22F4N6O2. The molecule has 3 heterocycles. The van der Waals surface area contributed by atoms with Crippen LogP contribution in [0.2, 0.25) is 0 Å². The molecule has 2 saturated heterocycles. The van der Waals surface area contributed by atoms with E-state index in [-0.39, 0.29) is 42.7 Å². The molecule has 2 aliphatic rings. The fourth-order valence-corrected chi connectivity index (χ4v) is 4.21. The Labute approximate surface area is 187 Å². The number of nitrogens with zero attached hydrogens (tertiary/aromatic N) is 5. The number of morpholine rings is 1. The van der Waals surface area contributed by atoms with E-state index in [2.05, 4.69) is 15.3 Å². The Balaban J connectivity index is 1.59. The first-order valence-electron chi connectivity index (χ1n) is 10.4. The highest BCUT2D eigenvalue weighted by Crippen LogP contribution is 2.33. The molecule has 1 N–H and O–H groups in total. The number of benzene rings is 1. The third-order valence-corrected chi connectivity index (χ3v) is 5.90. The van der Waals surface area contributed by atoms with Gasteiger partial charge < -0.3 is 19.9 Å². The highest BCUT2D eigenvalue weighted by Gasteiger charge is 2.48. The minimum Gasteiger partial charge on any atom is -0.364 e. The van der Waals surface area contributed by atoms with E-state index in [9.17, 15) is 27.6 Å². The maximum Gasteiger partial charge on any atom is 0.416 e. The zero-order valence-corrected chi connectivity index (χ0v) is 17.8. The Morgan fingerprint density at radius 2 is 2.03 bits per heavy atom. The Hall–Kier alpha value is -3.04. The molecule has 1 amide bonds. The molecule has 0 saturated carbocycles. The van der Waals surface area contributed by atoms with Gasteiger partial charge in [0.2, 0.25) is 0 Å². The lowest BCUT2D eigenvalue weighted by Gasteiger charge is -2.39. The zero-order valence-electron chi connectivity index (χ0n) is 17.8. The predicted molar refractivity (Wildman–Crippen MR) is 110 cm³/mol. The number of aromatic nitrogens is 2. The molecule has 2 aliphatic heterocycles. The first kappa shape index (κ1) is 23.1. The molecule has 0 aliphatic carbocycles. The molecular weight excluding hydrogens is 444 g/mol. The van der Waals surface area contributed by atoms with Crippen LogP contribution in [0.15, 0.2) is 24.5 Å². The zero-order chi connectivity index (χ0) is 23.8. The summed E-state index contributed by atoms with van der Waals surface area (Å²) in [4.78, 5) is 24.2. The van der Waals surface area contributed by atoms with Crippen molar-refractivity contribution in [1.82, 2.24) is 20.2 Å². The van der Waals surface area contributed by atoms with Crippen LogP contribution in [-0.4, -0.2) is 84.6 Å². The number of alkyl halides is 4. The molecule has 176 valence electrons. The van der Waals surface area contributed by atoms with E-state index in [1.54, 1.807) is 11.9 Å². The normalized spacial score (nSPS) is 26.4. The summed E-state index contributed by atoms with van der Waals surface area (Å²) in [6.07, 6.45) is -5.45. The smallest absolute Gasteiger partial charge is 0.364 e. The summed E-state index contributed by atoms with van der Waals surface area (Å²) < 4.78 is 60.8. The summed E-state index contributed by atoms with van der Waals surface area (Å²) in [5.74, 6) is -0.815. The van der Waals surface area contributed by atoms with Gasteiger partial charge in [0.05, 0.1) is 30.9 Å². The van der Waals surface area contributed by atoms with Crippen molar-refractivity contribution in [3.8, 4) is 6.07 Å². The van der Waals surface area contributed by atoms with Gasteiger partial charge in [-0.3, -0.25) is 14.8 Å². The van der Waals surface area contributed by atoms with Gasteiger partial charge in [0.15, 0.2) is 12.2 Å². The van der Waals surface area contributed by atoms with Gasteiger partial charge >= 0.3 is 6.18 Å². The molecule has 0 unspecified atom stereocenters. The number of fused-ring (bicyclic) bond motifs is 1. The Kier molecular flexibility index (Phi) is 6.11. The number of ether oxygens (including phenoxy) is 1. The lowest BCUT2D eigenvalue weighted by Crippen LogP contribution is -2.58. The second-order valence-corrected chi connectivity index (χ2v) is 8.41. The van der Waals surface area contributed by atoms with Crippen molar-refractivity contribution >= 4 is 22.6 Å². The fourth-order valence-electron chi connectivity index (χ4n) is 4.21. The third kappa shape index (κ3) is 4.84. The van der Waals surface area contributed by atoms with Gasteiger partial charge in [-0.05, 0) is 25.6 Å². The Bertz CT molecular complexity index is 1090. The van der Waals surface area contributed by atoms with Gasteiger partial charge in [0.25, 0.3) is 5.91 Å². The monoisotopic (exact) mass is 466 g/mol. The average Bonchev–Trinajstić information content (AvgIpc) is 3.14. The van der Waals surface area contributed by atoms with Crippen LogP contribution in [0.1, 0.15) is 12.0 Å². The Morgan fingerprint density at radius 3 is 2.67 bits per heavy atom. The van der Waals surface area contributed by atoms with Crippen molar-refractivity contribution in [3.63, 3.8) is 0 Å². The summed E-state index contributed by atoms with van der Waals surface area (Å²) >= 11 is 0. The van der Waals surface area contributed by atoms with E-state index in [1.165, 1.54) is 29.4 Å². The van der Waals surface area contributed by atoms with Gasteiger partial charge in [0, 0.05) is 25.5 Å². The van der Waals surface area contributed by atoms with Crippen molar-refractivity contribution in [2.24, 2.45) is 0 Å². The van der Waals surface area contributed by atoms with Crippen molar-refractivity contribution < 1.29 is 27.1 Å². The second kappa shape index (κ2) is 8.72. The molecule has 4 rings (SSSR count). The number of hydrogen-bond donors (Lipinski definition) is 1. The lowest BCUT2D eigenvalue weighted by atomic mass is 10.1. The average molecular weight is 466 g/mol. The summed E-state index contributed by atoms with van der Waals surface area (Å²) in [6, 6.07) is 4.91. The van der Waals surface area contributed by atoms with Gasteiger partial charge in [-0.25, -0.2) is 4.39 Å². The quantitative estimate of drug-likeness (QED) is 0.687. The van der Waals surface area contributed by atoms with Crippen LogP contribution in [0.3, 0.4) is 0 Å². The Morgan fingerprint density at radius 1 is 1.30 bits per heavy atom. The number of nitrogens with one attached hydrogen (secondary N) is 1. The summed E-state index contributed by atoms with van der Waals surface area (Å²) in [5.41, 5.74) is -0.618. The van der Waals surface area contributed by atoms with Crippen LogP contribution in [-0.2, 0) is 9.53 Å². The van der Waals surface area contributed by atoms with Crippen LogP contribution in [0.4, 0.5) is 23.2 Å². The van der Waals surface area contributed by atoms with Gasteiger partial charge in [-0.2, -0.15) is 18.4 Å². The molecule has 12 heteroatoms. The first-order valence-corrected chi connectivity index (χ1v) is 10.4. The standard InChI is InChI=1S/C21H22F4N6O2/c1-30-7-4-20(22,12-30)11-29-19(32)15-9-31(10-16(33-15)21(23,24)25)14-3-2-13(8-26)17-18(14)28-6-5-27-17/h2-3,5-6,15-16H,4,7,9-12H2,1H3,(H,29,32)/t15-,16+,20-/m1/s1. The SMILES string of the molecule is CN1CC[C@@](F)(CNC(=O)[C@H]2CN(c3ccc(C#N)c4nccnc34)C[C@@H](C(F)(F)F)O2)C1. The van der Waals surface area contributed by atoms with E-state index in [0.29, 0.717) is 12.2 Å². The summed E-state index contributed by atoms with van der Waals surface area (Å²) in [7, 11) is 1.75. The predicted octanol–water partition coefficient (Wildman–Crippen LogP) is 1.80. The molecule has 2 aromatic rings. The van der Waals surface area contributed by atoms with Crippen LogP contribution in [0.5, 0.6) is 0 Å². The molecule has 1 aromatic heterocycles. The lowest BCUT2D eigenvalue weighted by molar-refractivity contribution is -0.234. The highest BCUT2D eigenvalue weighted by atomic mass is 19.4. The van der Waals surface area contributed by atoms with Crippen molar-refractivity contribution in [2.45, 2.75) is 30.5 Å². The van der Waals surface area contributed by atoms with Crippen molar-refractivity contribution in [2.75, 3.05) is 44.7 Å². The number of anilines is 1. The molecule has 33 heavy (non-hydrogen) atoms. The topological polar surface area (TPSA) is 94.4 Å². The van der Waals surface area contributed by atoms with Gasteiger partial charge in [-0.15, -0.1) is 0 Å². The molecule has 8 nitrogen and oxygen atoms in total. The first-order chi connectivity index (χ1) is 15.6. The van der Waals surface area contributed by atoms with Crippen LogP contribution >= 0.6 is 0 Å². The number of amides is 1. The number of hydrogen-bond acceptors (Lipinski definition) is 7. The van der Waals surface area contributed by atoms with E-state index < -0.39 is 36.5 Å². The number of carbonyl (C=O) groups excluding carboxylic acids is 1. The van der Waals surface area contributed by atoms with Gasteiger partial charge in [-0.1, -0.05) is 0 Å². The molecule has 1 aromatic carbocycles. The van der Waals surface area contributed by atoms with E-state index >= 15 is 0 Å². The number of nitriles is 1. The summed E-state index contributed by atoms with van der Waals surface area (Å²) in [5, 5.41) is 11.7. The van der Waals surface area contributed by atoms with E-state index in [4.69, 9.17) is 4.74 Å². The summed E-state index contributed by atoms with van der Waals surface area (Å²) in [6.45, 7) is -0.412. The third-order valence-electron chi connectivity index (χ3n) is 5.90. The van der Waals surface area contributed by atoms with Crippen LogP contribution < -0.4 is 10.2 Å². The number of rotatable bonds is 4. The molecule has 0 radical (unpaired) electrons. The fraction of sp³-hybridized carbons (Fsp3) is 0.524.